The van der Waals surface area contributed by atoms with Gasteiger partial charge in [0.25, 0.3) is 5.91 Å². The Balaban J connectivity index is 1.35. The lowest BCUT2D eigenvalue weighted by atomic mass is 10.1. The Kier molecular flexibility index (Phi) is 8.51. The number of anilines is 1. The predicted molar refractivity (Wildman–Crippen MR) is 149 cm³/mol. The van der Waals surface area contributed by atoms with Gasteiger partial charge in [-0.25, -0.2) is 4.79 Å². The van der Waals surface area contributed by atoms with E-state index in [4.69, 9.17) is 13.9 Å². The van der Waals surface area contributed by atoms with Crippen molar-refractivity contribution in [2.45, 2.75) is 37.9 Å². The van der Waals surface area contributed by atoms with Crippen molar-refractivity contribution in [2.75, 3.05) is 24.8 Å². The van der Waals surface area contributed by atoms with Crippen molar-refractivity contribution in [3.05, 3.63) is 70.3 Å². The lowest BCUT2D eigenvalue weighted by molar-refractivity contribution is -0.113. The highest BCUT2D eigenvalue weighted by molar-refractivity contribution is 7.99. The summed E-state index contributed by atoms with van der Waals surface area (Å²) in [4.78, 5) is 39.2. The fraction of sp³-hybridized carbons (Fsp3) is 0.296. The molecule has 0 bridgehead atoms. The molecule has 5 rings (SSSR count). The largest absolute Gasteiger partial charge is 0.495 e. The first kappa shape index (κ1) is 27.5. The first-order valence-corrected chi connectivity index (χ1v) is 14.4. The highest BCUT2D eigenvalue weighted by Gasteiger charge is 2.28. The van der Waals surface area contributed by atoms with Gasteiger partial charge in [0.05, 0.1) is 43.5 Å². The van der Waals surface area contributed by atoms with E-state index in [2.05, 4.69) is 20.8 Å². The van der Waals surface area contributed by atoms with Crippen LogP contribution in [-0.2, 0) is 28.9 Å². The number of esters is 1. The van der Waals surface area contributed by atoms with E-state index in [0.29, 0.717) is 33.0 Å². The fourth-order valence-electron chi connectivity index (χ4n) is 4.42. The lowest BCUT2D eigenvalue weighted by Crippen LogP contribution is -2.24. The summed E-state index contributed by atoms with van der Waals surface area (Å²) in [6.45, 7) is 2.07. The van der Waals surface area contributed by atoms with Crippen molar-refractivity contribution < 1.29 is 28.3 Å². The summed E-state index contributed by atoms with van der Waals surface area (Å²) in [7, 11) is 1.56. The first-order chi connectivity index (χ1) is 19.5. The minimum absolute atomic E-state index is 0.0108. The number of nitrogens with zero attached hydrogens (tertiary/aromatic N) is 3. The Bertz CT molecular complexity index is 1530. The van der Waals surface area contributed by atoms with Crippen LogP contribution in [0.2, 0.25) is 0 Å². The molecule has 3 aromatic heterocycles. The van der Waals surface area contributed by atoms with Gasteiger partial charge in [0, 0.05) is 4.88 Å². The second-order valence-corrected chi connectivity index (χ2v) is 10.7. The molecule has 0 fully saturated rings. The minimum Gasteiger partial charge on any atom is -0.495 e. The summed E-state index contributed by atoms with van der Waals surface area (Å²) in [5, 5.41) is 15.2. The molecule has 1 aliphatic rings. The second-order valence-electron chi connectivity index (χ2n) is 8.68. The third-order valence-corrected chi connectivity index (χ3v) is 8.30. The summed E-state index contributed by atoms with van der Waals surface area (Å²) >= 11 is 2.61. The molecule has 1 aromatic carbocycles. The number of carbonyl (C=O) groups is 3. The van der Waals surface area contributed by atoms with E-state index in [1.807, 2.05) is 18.2 Å². The van der Waals surface area contributed by atoms with Crippen LogP contribution in [0.4, 0.5) is 5.00 Å². The van der Waals surface area contributed by atoms with Crippen molar-refractivity contribution >= 4 is 45.9 Å². The van der Waals surface area contributed by atoms with Crippen LogP contribution in [0.3, 0.4) is 0 Å². The summed E-state index contributed by atoms with van der Waals surface area (Å²) < 4.78 is 17.7. The third kappa shape index (κ3) is 5.75. The van der Waals surface area contributed by atoms with Crippen LogP contribution in [0.15, 0.2) is 52.2 Å². The number of furan rings is 1. The molecule has 2 amide bonds. The van der Waals surface area contributed by atoms with E-state index in [-0.39, 0.29) is 30.6 Å². The number of ether oxygens (including phenoxy) is 2. The predicted octanol–water partition coefficient (Wildman–Crippen LogP) is 4.26. The number of aromatic nitrogens is 3. The van der Waals surface area contributed by atoms with Gasteiger partial charge in [-0.3, -0.25) is 14.2 Å². The molecule has 4 aromatic rings. The normalized spacial score (nSPS) is 12.2. The van der Waals surface area contributed by atoms with Gasteiger partial charge < -0.3 is 24.5 Å². The third-order valence-electron chi connectivity index (χ3n) is 6.16. The number of methoxy groups -OCH3 is 1. The number of benzene rings is 1. The zero-order valence-electron chi connectivity index (χ0n) is 21.9. The number of fused-ring (bicyclic) bond motifs is 1. The number of para-hydroxylation sites is 2. The van der Waals surface area contributed by atoms with Gasteiger partial charge in [0.15, 0.2) is 16.7 Å². The highest BCUT2D eigenvalue weighted by atomic mass is 32.2. The molecule has 40 heavy (non-hydrogen) atoms. The number of thiophene rings is 1. The van der Waals surface area contributed by atoms with Crippen LogP contribution < -0.4 is 15.4 Å². The Morgan fingerprint density at radius 1 is 1.15 bits per heavy atom. The topological polar surface area (TPSA) is 138 Å². The zero-order valence-corrected chi connectivity index (χ0v) is 23.5. The number of hydrogen-bond acceptors (Lipinski definition) is 10. The molecule has 3 heterocycles. The molecule has 1 aliphatic carbocycles. The first-order valence-electron chi connectivity index (χ1n) is 12.6. The molecule has 11 nitrogen and oxygen atoms in total. The molecule has 0 aliphatic heterocycles. The molecular weight excluding hydrogens is 554 g/mol. The van der Waals surface area contributed by atoms with E-state index >= 15 is 0 Å². The molecular formula is C27H27N5O6S2. The standard InChI is InChI=1S/C27H27N5O6S2/c1-3-37-26(35)23-16-8-6-12-20(16)40-25(23)29-22(33)15-39-27-31-30-21(14-28-24(34)19-11-7-13-38-19)32(27)17-9-4-5-10-18(17)36-2/h4-5,7,9-11,13H,3,6,8,12,14-15H2,1-2H3,(H,28,34)(H,29,33). The fourth-order valence-corrected chi connectivity index (χ4v) is 6.48. The van der Waals surface area contributed by atoms with Crippen LogP contribution in [0, 0.1) is 0 Å². The second kappa shape index (κ2) is 12.4. The molecule has 0 saturated heterocycles. The molecule has 0 unspecified atom stereocenters. The average Bonchev–Trinajstić information content (AvgIpc) is 3.75. The van der Waals surface area contributed by atoms with Crippen LogP contribution in [0.25, 0.3) is 5.69 Å². The monoisotopic (exact) mass is 581 g/mol. The van der Waals surface area contributed by atoms with Crippen LogP contribution in [0.1, 0.15) is 50.5 Å². The Morgan fingerprint density at radius 2 is 2.00 bits per heavy atom. The van der Waals surface area contributed by atoms with Gasteiger partial charge in [-0.1, -0.05) is 23.9 Å². The maximum absolute atomic E-state index is 13.0. The number of carbonyl (C=O) groups excluding carboxylic acids is 3. The molecule has 0 spiro atoms. The van der Waals surface area contributed by atoms with Gasteiger partial charge in [-0.2, -0.15) is 0 Å². The van der Waals surface area contributed by atoms with Crippen molar-refractivity contribution in [3.63, 3.8) is 0 Å². The maximum atomic E-state index is 13.0. The van der Waals surface area contributed by atoms with Crippen molar-refractivity contribution in [3.8, 4) is 11.4 Å². The number of rotatable bonds is 11. The Hall–Kier alpha value is -4.10. The molecule has 208 valence electrons. The van der Waals surface area contributed by atoms with Crippen molar-refractivity contribution in [1.29, 1.82) is 0 Å². The highest BCUT2D eigenvalue weighted by Crippen LogP contribution is 2.39. The molecule has 0 radical (unpaired) electrons. The quantitative estimate of drug-likeness (QED) is 0.197. The Morgan fingerprint density at radius 3 is 2.77 bits per heavy atom. The van der Waals surface area contributed by atoms with Gasteiger partial charge in [-0.15, -0.1) is 21.5 Å². The van der Waals surface area contributed by atoms with Crippen molar-refractivity contribution in [2.24, 2.45) is 0 Å². The lowest BCUT2D eigenvalue weighted by Gasteiger charge is -2.14. The van der Waals surface area contributed by atoms with E-state index in [9.17, 15) is 14.4 Å². The van der Waals surface area contributed by atoms with E-state index in [1.165, 1.54) is 29.4 Å². The van der Waals surface area contributed by atoms with Crippen LogP contribution in [-0.4, -0.2) is 52.0 Å². The summed E-state index contributed by atoms with van der Waals surface area (Å²) in [6, 6.07) is 10.5. The number of thioether (sulfide) groups is 1. The molecule has 2 N–H and O–H groups in total. The minimum atomic E-state index is -0.415. The van der Waals surface area contributed by atoms with Crippen molar-refractivity contribution in [1.82, 2.24) is 20.1 Å². The summed E-state index contributed by atoms with van der Waals surface area (Å²) in [5.41, 5.74) is 2.09. The number of hydrogen-bond donors (Lipinski definition) is 2. The number of amides is 2. The smallest absolute Gasteiger partial charge is 0.341 e. The molecule has 0 atom stereocenters. The number of nitrogens with one attached hydrogen (secondary N) is 2. The molecule has 13 heteroatoms. The SMILES string of the molecule is CCOC(=O)c1c(NC(=O)CSc2nnc(CNC(=O)c3ccco3)n2-c2ccccc2OC)sc2c1CCC2. The summed E-state index contributed by atoms with van der Waals surface area (Å²) in [6.07, 6.45) is 4.09. The van der Waals surface area contributed by atoms with Gasteiger partial charge in [0.2, 0.25) is 5.91 Å². The Labute approximate surface area is 238 Å². The maximum Gasteiger partial charge on any atom is 0.341 e. The van der Waals surface area contributed by atoms with E-state index < -0.39 is 11.9 Å². The molecule has 0 saturated carbocycles. The zero-order chi connectivity index (χ0) is 28.1. The van der Waals surface area contributed by atoms with Gasteiger partial charge in [0.1, 0.15) is 10.8 Å². The summed E-state index contributed by atoms with van der Waals surface area (Å²) in [5.74, 6) is 0.0899. The average molecular weight is 582 g/mol. The van der Waals surface area contributed by atoms with Crippen LogP contribution in [0.5, 0.6) is 5.75 Å². The van der Waals surface area contributed by atoms with E-state index in [1.54, 1.807) is 36.8 Å². The van der Waals surface area contributed by atoms with E-state index in [0.717, 1.165) is 29.7 Å². The van der Waals surface area contributed by atoms with Gasteiger partial charge >= 0.3 is 5.97 Å². The van der Waals surface area contributed by atoms with Crippen LogP contribution >= 0.6 is 23.1 Å². The number of aryl methyl sites for hydroxylation is 1. The van der Waals surface area contributed by atoms with Gasteiger partial charge in [-0.05, 0) is 56.0 Å².